The van der Waals surface area contributed by atoms with Crippen LogP contribution in [0.3, 0.4) is 0 Å². The number of hydrogen-bond acceptors (Lipinski definition) is 8. The number of ether oxygens (including phenoxy) is 4. The van der Waals surface area contributed by atoms with Gasteiger partial charge in [-0.25, -0.2) is 4.79 Å². The molecule has 1 amide bonds. The van der Waals surface area contributed by atoms with E-state index < -0.39 is 41.4 Å². The van der Waals surface area contributed by atoms with E-state index in [2.05, 4.69) is 5.32 Å². The number of rotatable bonds is 10. The fourth-order valence-electron chi connectivity index (χ4n) is 4.44. The van der Waals surface area contributed by atoms with Gasteiger partial charge >= 0.3 is 17.6 Å². The molecule has 1 heterocycles. The Kier molecular flexibility index (Phi) is 9.24. The van der Waals surface area contributed by atoms with Gasteiger partial charge in [-0.15, -0.1) is 0 Å². The highest BCUT2D eigenvalue weighted by Crippen LogP contribution is 2.35. The van der Waals surface area contributed by atoms with Gasteiger partial charge in [0.05, 0.1) is 21.3 Å². The molecule has 0 radical (unpaired) electrons. The van der Waals surface area contributed by atoms with Crippen LogP contribution in [0.2, 0.25) is 0 Å². The number of aryl methyl sites for hydroxylation is 2. The molecule has 2 aromatic carbocycles. The first-order valence-electron chi connectivity index (χ1n) is 12.3. The molecule has 0 aliphatic heterocycles. The van der Waals surface area contributed by atoms with Crippen LogP contribution in [0.15, 0.2) is 48.7 Å². The maximum Gasteiger partial charge on any atom is 0.328 e. The molecule has 0 fully saturated rings. The molecule has 0 bridgehead atoms. The van der Waals surface area contributed by atoms with Gasteiger partial charge in [0.2, 0.25) is 5.75 Å². The number of amides is 1. The van der Waals surface area contributed by atoms with Crippen LogP contribution in [-0.2, 0) is 9.53 Å². The fraction of sp³-hybridized carbons (Fsp3) is 0.345. The van der Waals surface area contributed by atoms with E-state index in [-0.39, 0.29) is 10.5 Å². The van der Waals surface area contributed by atoms with Crippen molar-refractivity contribution in [3.63, 3.8) is 0 Å². The highest BCUT2D eigenvalue weighted by molar-refractivity contribution is 5.96. The van der Waals surface area contributed by atoms with Crippen LogP contribution < -0.4 is 24.3 Å². The molecule has 3 rings (SSSR count). The lowest BCUT2D eigenvalue weighted by Crippen LogP contribution is -2.46. The third-order valence-electron chi connectivity index (χ3n) is 6.28. The second-order valence-electron chi connectivity index (χ2n) is 9.29. The smallest absolute Gasteiger partial charge is 0.328 e. The predicted molar refractivity (Wildman–Crippen MR) is 143 cm³/mol. The highest BCUT2D eigenvalue weighted by atomic mass is 16.5. The van der Waals surface area contributed by atoms with E-state index in [0.29, 0.717) is 11.5 Å². The molecule has 0 aliphatic rings. The van der Waals surface area contributed by atoms with Crippen LogP contribution in [0, 0.1) is 19.1 Å². The summed E-state index contributed by atoms with van der Waals surface area (Å²) in [5, 5.41) is 24.8. The first kappa shape index (κ1) is 29.1. The zero-order chi connectivity index (χ0) is 28.9. The number of aromatic nitrogens is 1. The van der Waals surface area contributed by atoms with E-state index in [1.54, 1.807) is 21.1 Å². The minimum absolute atomic E-state index is 0.0545. The van der Waals surface area contributed by atoms with Gasteiger partial charge in [-0.1, -0.05) is 12.1 Å². The molecule has 10 heteroatoms. The number of nitrogens with zero attached hydrogens (tertiary/aromatic N) is 1. The Morgan fingerprint density at radius 1 is 0.897 bits per heavy atom. The van der Waals surface area contributed by atoms with Gasteiger partial charge in [0.15, 0.2) is 11.9 Å². The molecule has 3 aromatic rings. The average molecular weight is 539 g/mol. The second kappa shape index (κ2) is 12.4. The zero-order valence-corrected chi connectivity index (χ0v) is 23.1. The third kappa shape index (κ3) is 6.70. The molecule has 2 atom stereocenters. The molecular weight excluding hydrogens is 504 g/mol. The summed E-state index contributed by atoms with van der Waals surface area (Å²) in [6.07, 6.45) is 0.347. The number of aromatic hydroxyl groups is 1. The molecule has 0 unspecified atom stereocenters. The van der Waals surface area contributed by atoms with Crippen LogP contribution in [0.1, 0.15) is 52.5 Å². The second-order valence-corrected chi connectivity index (χ2v) is 9.29. The number of benzene rings is 2. The molecule has 0 spiro atoms. The molecule has 1 aromatic heterocycles. The van der Waals surface area contributed by atoms with Crippen LogP contribution in [0.4, 0.5) is 0 Å². The molecule has 0 aliphatic carbocycles. The lowest BCUT2D eigenvalue weighted by molar-refractivity contribution is -0.608. The first-order valence-corrected chi connectivity index (χ1v) is 12.3. The topological polar surface area (TPSA) is 130 Å². The van der Waals surface area contributed by atoms with Gasteiger partial charge in [0.1, 0.15) is 23.6 Å². The summed E-state index contributed by atoms with van der Waals surface area (Å²) >= 11 is 0. The minimum Gasteiger partial charge on any atom is -0.618 e. The van der Waals surface area contributed by atoms with Crippen molar-refractivity contribution < 1.29 is 38.4 Å². The van der Waals surface area contributed by atoms with Gasteiger partial charge in [0.25, 0.3) is 0 Å². The SMILES string of the molecule is COc1cc(C)cc(C(c2cc(C)cc(OC)c2)[C@H](C)OC(=O)[C@H](C)NC(=O)c2c(O)c(OC)cc[n+]2[O-])c1. The van der Waals surface area contributed by atoms with E-state index >= 15 is 0 Å². The molecular formula is C29H34N2O8. The molecule has 0 saturated carbocycles. The number of pyridine rings is 1. The van der Waals surface area contributed by atoms with E-state index in [0.717, 1.165) is 28.5 Å². The van der Waals surface area contributed by atoms with Crippen molar-refractivity contribution in [3.05, 3.63) is 81.8 Å². The number of hydrogen-bond donors (Lipinski definition) is 2. The summed E-state index contributed by atoms with van der Waals surface area (Å²) < 4.78 is 22.0. The van der Waals surface area contributed by atoms with Crippen molar-refractivity contribution in [2.24, 2.45) is 0 Å². The normalized spacial score (nSPS) is 12.4. The van der Waals surface area contributed by atoms with Gasteiger partial charge in [-0.2, -0.15) is 4.73 Å². The largest absolute Gasteiger partial charge is 0.618 e. The first-order chi connectivity index (χ1) is 18.5. The molecule has 0 saturated heterocycles. The summed E-state index contributed by atoms with van der Waals surface area (Å²) in [6.45, 7) is 7.09. The number of methoxy groups -OCH3 is 3. The summed E-state index contributed by atoms with van der Waals surface area (Å²) in [5.74, 6) is -1.44. The third-order valence-corrected chi connectivity index (χ3v) is 6.28. The Balaban J connectivity index is 1.89. The Hall–Kier alpha value is -4.47. The number of carbonyl (C=O) groups excluding carboxylic acids is 2. The van der Waals surface area contributed by atoms with E-state index in [1.807, 2.05) is 50.2 Å². The van der Waals surface area contributed by atoms with Gasteiger partial charge in [0, 0.05) is 12.0 Å². The quantitative estimate of drug-likeness (QED) is 0.228. The average Bonchev–Trinajstić information content (AvgIpc) is 2.88. The minimum atomic E-state index is -1.13. The van der Waals surface area contributed by atoms with Crippen LogP contribution in [0.5, 0.6) is 23.0 Å². The summed E-state index contributed by atoms with van der Waals surface area (Å²) in [4.78, 5) is 25.9. The van der Waals surface area contributed by atoms with Crippen molar-refractivity contribution in [1.82, 2.24) is 5.32 Å². The molecule has 39 heavy (non-hydrogen) atoms. The zero-order valence-electron chi connectivity index (χ0n) is 23.1. The van der Waals surface area contributed by atoms with Gasteiger partial charge in [-0.05, 0) is 74.2 Å². The van der Waals surface area contributed by atoms with Crippen molar-refractivity contribution in [2.45, 2.75) is 45.8 Å². The number of carbonyl (C=O) groups is 2. The lowest BCUT2D eigenvalue weighted by atomic mass is 9.85. The maximum absolute atomic E-state index is 13.1. The van der Waals surface area contributed by atoms with E-state index in [1.165, 1.54) is 20.1 Å². The maximum atomic E-state index is 13.1. The standard InChI is InChI=1S/C29H34N2O8/c1-16-10-20(14-22(12-16)36-5)25(21-11-17(2)13-23(15-21)37-6)19(4)39-29(34)18(3)30-28(33)26-27(32)24(38-7)8-9-31(26)35/h8-15,18-19,25,32H,1-7H3,(H,30,33)/t18-,19-/m0/s1. The Morgan fingerprint density at radius 2 is 1.44 bits per heavy atom. The van der Waals surface area contributed by atoms with Crippen molar-refractivity contribution in [2.75, 3.05) is 21.3 Å². The van der Waals surface area contributed by atoms with E-state index in [9.17, 15) is 19.9 Å². The Morgan fingerprint density at radius 3 is 1.92 bits per heavy atom. The summed E-state index contributed by atoms with van der Waals surface area (Å²) in [6, 6.07) is 11.7. The summed E-state index contributed by atoms with van der Waals surface area (Å²) in [5.41, 5.74) is 3.07. The van der Waals surface area contributed by atoms with Gasteiger partial charge in [-0.3, -0.25) is 4.79 Å². The lowest BCUT2D eigenvalue weighted by Gasteiger charge is -2.27. The fourth-order valence-corrected chi connectivity index (χ4v) is 4.44. The predicted octanol–water partition coefficient (Wildman–Crippen LogP) is 3.55. The van der Waals surface area contributed by atoms with Crippen molar-refractivity contribution in [3.8, 4) is 23.0 Å². The molecule has 2 N–H and O–H groups in total. The number of nitrogens with one attached hydrogen (secondary N) is 1. The highest BCUT2D eigenvalue weighted by Gasteiger charge is 2.31. The van der Waals surface area contributed by atoms with Crippen molar-refractivity contribution >= 4 is 11.9 Å². The Labute approximate surface area is 227 Å². The summed E-state index contributed by atoms with van der Waals surface area (Å²) in [7, 11) is 4.46. The Bertz CT molecular complexity index is 1300. The van der Waals surface area contributed by atoms with Crippen LogP contribution >= 0.6 is 0 Å². The molecule has 10 nitrogen and oxygen atoms in total. The van der Waals surface area contributed by atoms with Crippen molar-refractivity contribution in [1.29, 1.82) is 0 Å². The molecule has 208 valence electrons. The number of esters is 1. The van der Waals surface area contributed by atoms with Crippen LogP contribution in [-0.4, -0.2) is 50.5 Å². The van der Waals surface area contributed by atoms with Crippen LogP contribution in [0.25, 0.3) is 0 Å². The monoisotopic (exact) mass is 538 g/mol. The van der Waals surface area contributed by atoms with Gasteiger partial charge < -0.3 is 34.6 Å². The van der Waals surface area contributed by atoms with E-state index in [4.69, 9.17) is 18.9 Å².